The highest BCUT2D eigenvalue weighted by atomic mass is 19.1. The number of fused-ring (bicyclic) bond motifs is 1. The van der Waals surface area contributed by atoms with Gasteiger partial charge in [0, 0.05) is 37.2 Å². The predicted octanol–water partition coefficient (Wildman–Crippen LogP) is 6.05. The number of pyridine rings is 1. The third-order valence-electron chi connectivity index (χ3n) is 7.69. The summed E-state index contributed by atoms with van der Waals surface area (Å²) >= 11 is 0. The standard InChI is InChI=1S/C33H30FN5O3/c1-21(23-8-11-27(34)12-9-23)29(40)18-22-4-6-24(7-5-22)25-14-17-39-31(20-25)36-33(37-39)35-28-13-10-26(19-30(28)42-2)32(41)38-15-3-16-38/h4-14,17,19-21H,3,15-16,18H2,1-2H3,(H,35,37)/t21-/m1/s1. The molecule has 1 saturated heterocycles. The maximum atomic E-state index is 13.2. The van der Waals surface area contributed by atoms with Crippen molar-refractivity contribution in [3.05, 3.63) is 108 Å². The van der Waals surface area contributed by atoms with Crippen molar-refractivity contribution in [2.45, 2.75) is 25.7 Å². The second-order valence-electron chi connectivity index (χ2n) is 10.5. The number of likely N-dealkylation sites (tertiary alicyclic amines) is 1. The molecule has 6 rings (SSSR count). The van der Waals surface area contributed by atoms with E-state index in [1.165, 1.54) is 12.1 Å². The van der Waals surface area contributed by atoms with E-state index in [2.05, 4.69) is 15.4 Å². The zero-order valence-electron chi connectivity index (χ0n) is 23.4. The van der Waals surface area contributed by atoms with Gasteiger partial charge in [0.15, 0.2) is 5.65 Å². The summed E-state index contributed by atoms with van der Waals surface area (Å²) in [4.78, 5) is 31.8. The number of benzene rings is 3. The monoisotopic (exact) mass is 563 g/mol. The number of aromatic nitrogens is 3. The van der Waals surface area contributed by atoms with E-state index in [0.29, 0.717) is 35.0 Å². The first kappa shape index (κ1) is 27.1. The molecule has 1 atom stereocenters. The Kier molecular flexibility index (Phi) is 7.39. The van der Waals surface area contributed by atoms with Crippen molar-refractivity contribution in [1.29, 1.82) is 0 Å². The lowest BCUT2D eigenvalue weighted by Crippen LogP contribution is -2.42. The second-order valence-corrected chi connectivity index (χ2v) is 10.5. The minimum Gasteiger partial charge on any atom is -0.495 e. The lowest BCUT2D eigenvalue weighted by molar-refractivity contribution is -0.119. The van der Waals surface area contributed by atoms with Crippen molar-refractivity contribution in [2.24, 2.45) is 0 Å². The topological polar surface area (TPSA) is 88.8 Å². The Bertz CT molecular complexity index is 1760. The van der Waals surface area contributed by atoms with Crippen LogP contribution in [-0.2, 0) is 11.2 Å². The number of ether oxygens (including phenoxy) is 1. The molecule has 1 amide bonds. The number of ketones is 1. The molecule has 42 heavy (non-hydrogen) atoms. The van der Waals surface area contributed by atoms with Crippen molar-refractivity contribution >= 4 is 29.0 Å². The average Bonchev–Trinajstić information content (AvgIpc) is 3.38. The molecule has 1 N–H and O–H groups in total. The number of rotatable bonds is 9. The van der Waals surface area contributed by atoms with Crippen LogP contribution >= 0.6 is 0 Å². The summed E-state index contributed by atoms with van der Waals surface area (Å²) in [7, 11) is 1.56. The number of Topliss-reactive ketones (excluding diaryl/α,β-unsaturated/α-hetero) is 1. The Balaban J connectivity index is 1.14. The quantitative estimate of drug-likeness (QED) is 0.235. The average molecular weight is 564 g/mol. The number of hydrogen-bond donors (Lipinski definition) is 1. The zero-order chi connectivity index (χ0) is 29.2. The molecule has 0 bridgehead atoms. The Morgan fingerprint density at radius 1 is 0.976 bits per heavy atom. The molecule has 0 saturated carbocycles. The molecule has 0 unspecified atom stereocenters. The highest BCUT2D eigenvalue weighted by Gasteiger charge is 2.23. The van der Waals surface area contributed by atoms with Crippen molar-refractivity contribution in [1.82, 2.24) is 19.5 Å². The molecule has 8 nitrogen and oxygen atoms in total. The van der Waals surface area contributed by atoms with E-state index < -0.39 is 0 Å². The van der Waals surface area contributed by atoms with Gasteiger partial charge in [0.2, 0.25) is 5.95 Å². The summed E-state index contributed by atoms with van der Waals surface area (Å²) in [6, 6.07) is 23.2. The molecule has 5 aromatic rings. The molecule has 0 spiro atoms. The van der Waals surface area contributed by atoms with Crippen LogP contribution in [0.3, 0.4) is 0 Å². The van der Waals surface area contributed by atoms with Crippen molar-refractivity contribution in [3.63, 3.8) is 0 Å². The van der Waals surface area contributed by atoms with E-state index in [1.807, 2.05) is 54.4 Å². The van der Waals surface area contributed by atoms with Crippen LogP contribution in [-0.4, -0.2) is 51.4 Å². The fourth-order valence-electron chi connectivity index (χ4n) is 4.97. The van der Waals surface area contributed by atoms with E-state index in [-0.39, 0.29) is 23.4 Å². The summed E-state index contributed by atoms with van der Waals surface area (Å²) in [5.41, 5.74) is 5.58. The maximum Gasteiger partial charge on any atom is 0.253 e. The van der Waals surface area contributed by atoms with Crippen LogP contribution < -0.4 is 10.1 Å². The molecule has 2 aromatic heterocycles. The Labute approximate surface area is 242 Å². The number of methoxy groups -OCH3 is 1. The molecule has 0 radical (unpaired) electrons. The molecule has 3 heterocycles. The Morgan fingerprint density at radius 3 is 2.43 bits per heavy atom. The second kappa shape index (κ2) is 11.4. The maximum absolute atomic E-state index is 13.2. The van der Waals surface area contributed by atoms with E-state index in [4.69, 9.17) is 4.74 Å². The molecule has 3 aromatic carbocycles. The highest BCUT2D eigenvalue weighted by Crippen LogP contribution is 2.30. The zero-order valence-corrected chi connectivity index (χ0v) is 23.4. The molecule has 0 aliphatic carbocycles. The summed E-state index contributed by atoms with van der Waals surface area (Å²) in [6.07, 6.45) is 3.18. The molecular formula is C33H30FN5O3. The number of nitrogens with one attached hydrogen (secondary N) is 1. The van der Waals surface area contributed by atoms with Crippen LogP contribution in [0.25, 0.3) is 16.8 Å². The first-order valence-corrected chi connectivity index (χ1v) is 13.9. The summed E-state index contributed by atoms with van der Waals surface area (Å²) in [5.74, 6) is 0.390. The SMILES string of the molecule is COc1cc(C(=O)N2CCC2)ccc1Nc1nc2cc(-c3ccc(CC(=O)[C@H](C)c4ccc(F)cc4)cc3)ccn2n1. The van der Waals surface area contributed by atoms with Crippen LogP contribution in [0, 0.1) is 5.82 Å². The number of hydrogen-bond acceptors (Lipinski definition) is 6. The molecule has 1 fully saturated rings. The van der Waals surface area contributed by atoms with Gasteiger partial charge in [0.25, 0.3) is 5.91 Å². The minimum atomic E-state index is -0.313. The van der Waals surface area contributed by atoms with E-state index in [9.17, 15) is 14.0 Å². The molecule has 212 valence electrons. The Morgan fingerprint density at radius 2 is 1.74 bits per heavy atom. The van der Waals surface area contributed by atoms with Gasteiger partial charge in [-0.25, -0.2) is 8.91 Å². The van der Waals surface area contributed by atoms with Gasteiger partial charge in [-0.15, -0.1) is 5.10 Å². The lowest BCUT2D eigenvalue weighted by Gasteiger charge is -2.31. The van der Waals surface area contributed by atoms with Crippen LogP contribution in [0.1, 0.15) is 40.7 Å². The first-order chi connectivity index (χ1) is 20.4. The smallest absolute Gasteiger partial charge is 0.253 e. The van der Waals surface area contributed by atoms with Gasteiger partial charge in [0.05, 0.1) is 12.8 Å². The number of carbonyl (C=O) groups excluding carboxylic acids is 2. The minimum absolute atomic E-state index is 0.00340. The number of nitrogens with zero attached hydrogens (tertiary/aromatic N) is 4. The van der Waals surface area contributed by atoms with E-state index in [1.54, 1.807) is 42.0 Å². The van der Waals surface area contributed by atoms with Crippen LogP contribution in [0.15, 0.2) is 85.1 Å². The van der Waals surface area contributed by atoms with Gasteiger partial charge < -0.3 is 15.0 Å². The lowest BCUT2D eigenvalue weighted by atomic mass is 9.92. The van der Waals surface area contributed by atoms with Gasteiger partial charge in [0.1, 0.15) is 17.3 Å². The van der Waals surface area contributed by atoms with Crippen molar-refractivity contribution in [2.75, 3.05) is 25.5 Å². The van der Waals surface area contributed by atoms with E-state index in [0.717, 1.165) is 41.8 Å². The fourth-order valence-corrected chi connectivity index (χ4v) is 4.97. The van der Waals surface area contributed by atoms with Gasteiger partial charge in [-0.2, -0.15) is 4.98 Å². The number of carbonyl (C=O) groups is 2. The molecule has 9 heteroatoms. The summed E-state index contributed by atoms with van der Waals surface area (Å²) in [5, 5.41) is 7.73. The van der Waals surface area contributed by atoms with Crippen LogP contribution in [0.4, 0.5) is 16.0 Å². The van der Waals surface area contributed by atoms with Crippen molar-refractivity contribution in [3.8, 4) is 16.9 Å². The van der Waals surface area contributed by atoms with Crippen molar-refractivity contribution < 1.29 is 18.7 Å². The predicted molar refractivity (Wildman–Crippen MR) is 159 cm³/mol. The molecule has 1 aliphatic rings. The van der Waals surface area contributed by atoms with E-state index >= 15 is 0 Å². The number of amides is 1. The first-order valence-electron chi connectivity index (χ1n) is 13.9. The molecule has 1 aliphatic heterocycles. The number of anilines is 2. The number of halogens is 1. The third-order valence-corrected chi connectivity index (χ3v) is 7.69. The van der Waals surface area contributed by atoms with Crippen LogP contribution in [0.5, 0.6) is 5.75 Å². The normalized spacial score (nSPS) is 13.5. The Hall–Kier alpha value is -5.05. The summed E-state index contributed by atoms with van der Waals surface area (Å²) < 4.78 is 20.5. The van der Waals surface area contributed by atoms with Gasteiger partial charge in [-0.1, -0.05) is 43.3 Å². The van der Waals surface area contributed by atoms with Gasteiger partial charge >= 0.3 is 0 Å². The molecular weight excluding hydrogens is 533 g/mol. The third kappa shape index (κ3) is 5.58. The van der Waals surface area contributed by atoms with Gasteiger partial charge in [-0.3, -0.25) is 9.59 Å². The largest absolute Gasteiger partial charge is 0.495 e. The van der Waals surface area contributed by atoms with Crippen LogP contribution in [0.2, 0.25) is 0 Å². The fraction of sp³-hybridized carbons (Fsp3) is 0.212. The highest BCUT2D eigenvalue weighted by molar-refractivity contribution is 5.96. The van der Waals surface area contributed by atoms with Gasteiger partial charge in [-0.05, 0) is 71.1 Å². The summed E-state index contributed by atoms with van der Waals surface area (Å²) in [6.45, 7) is 3.42.